The van der Waals surface area contributed by atoms with Crippen LogP contribution in [0.5, 0.6) is 0 Å². The van der Waals surface area contributed by atoms with Gasteiger partial charge in [-0.05, 0) is 24.1 Å². The summed E-state index contributed by atoms with van der Waals surface area (Å²) >= 11 is 8.79. The topological polar surface area (TPSA) is 54.9 Å². The quantitative estimate of drug-likeness (QED) is 0.681. The Kier molecular flexibility index (Phi) is 4.28. The monoisotopic (exact) mass is 277 g/mol. The fraction of sp³-hybridized carbons (Fsp3) is 0.375. The maximum Gasteiger partial charge on any atom is 0.239 e. The van der Waals surface area contributed by atoms with Gasteiger partial charge in [0, 0.05) is 6.20 Å². The van der Waals surface area contributed by atoms with Crippen molar-refractivity contribution in [2.45, 2.75) is 18.2 Å². The molecule has 4 nitrogen and oxygen atoms in total. The van der Waals surface area contributed by atoms with Crippen molar-refractivity contribution in [3.8, 4) is 0 Å². The Balaban J connectivity index is 2.65. The van der Waals surface area contributed by atoms with Gasteiger partial charge in [0.05, 0.1) is 4.83 Å². The van der Waals surface area contributed by atoms with Gasteiger partial charge in [-0.2, -0.15) is 0 Å². The van der Waals surface area contributed by atoms with Crippen LogP contribution in [0.1, 0.15) is 13.3 Å². The summed E-state index contributed by atoms with van der Waals surface area (Å²) in [6, 6.07) is 1.58. The Morgan fingerprint density at radius 3 is 3.07 bits per heavy atom. The third-order valence-electron chi connectivity index (χ3n) is 1.52. The number of aromatic nitrogens is 2. The zero-order valence-corrected chi connectivity index (χ0v) is 9.84. The number of nitrogens with one attached hydrogen (secondary N) is 1. The van der Waals surface area contributed by atoms with Crippen LogP contribution < -0.4 is 5.32 Å². The van der Waals surface area contributed by atoms with Gasteiger partial charge in [-0.15, -0.1) is 0 Å². The van der Waals surface area contributed by atoms with Gasteiger partial charge in [0.1, 0.15) is 5.82 Å². The van der Waals surface area contributed by atoms with E-state index in [-0.39, 0.29) is 16.0 Å². The smallest absolute Gasteiger partial charge is 0.239 e. The molecule has 76 valence electrons. The molecule has 0 saturated carbocycles. The van der Waals surface area contributed by atoms with E-state index in [2.05, 4.69) is 31.2 Å². The molecule has 0 radical (unpaired) electrons. The molecule has 1 heterocycles. The van der Waals surface area contributed by atoms with E-state index in [1.54, 1.807) is 6.07 Å². The first-order valence-corrected chi connectivity index (χ1v) is 5.36. The van der Waals surface area contributed by atoms with Crippen molar-refractivity contribution >= 4 is 39.3 Å². The minimum absolute atomic E-state index is 0.116. The lowest BCUT2D eigenvalue weighted by atomic mass is 10.3. The summed E-state index contributed by atoms with van der Waals surface area (Å²) in [5.41, 5.74) is 0. The van der Waals surface area contributed by atoms with Crippen molar-refractivity contribution in [1.82, 2.24) is 9.97 Å². The number of alkyl halides is 1. The second-order valence-electron chi connectivity index (χ2n) is 2.58. The summed E-state index contributed by atoms with van der Waals surface area (Å²) in [4.78, 5) is 18.7. The highest BCUT2D eigenvalue weighted by molar-refractivity contribution is 9.10. The average molecular weight is 279 g/mol. The summed E-state index contributed by atoms with van der Waals surface area (Å²) in [6.07, 6.45) is 2.20. The number of carbonyl (C=O) groups is 1. The molecule has 0 saturated heterocycles. The molecule has 14 heavy (non-hydrogen) atoms. The Hall–Kier alpha value is -0.680. The third-order valence-corrected chi connectivity index (χ3v) is 2.77. The zero-order valence-electron chi connectivity index (χ0n) is 7.50. The highest BCUT2D eigenvalue weighted by atomic mass is 79.9. The number of hydrogen-bond donors (Lipinski definition) is 1. The summed E-state index contributed by atoms with van der Waals surface area (Å²) in [5, 5.41) is 2.73. The largest absolute Gasteiger partial charge is 0.310 e. The van der Waals surface area contributed by atoms with E-state index in [0.717, 1.165) is 0 Å². The predicted molar refractivity (Wildman–Crippen MR) is 58.7 cm³/mol. The van der Waals surface area contributed by atoms with Crippen LogP contribution in [0.2, 0.25) is 5.28 Å². The molecule has 0 aliphatic heterocycles. The first kappa shape index (κ1) is 11.4. The highest BCUT2D eigenvalue weighted by Gasteiger charge is 2.12. The van der Waals surface area contributed by atoms with E-state index < -0.39 is 0 Å². The van der Waals surface area contributed by atoms with Gasteiger partial charge in [0.15, 0.2) is 0 Å². The van der Waals surface area contributed by atoms with Crippen LogP contribution >= 0.6 is 27.5 Å². The fourth-order valence-electron chi connectivity index (χ4n) is 0.794. The standard InChI is InChI=1S/C8H9BrClN3O/c1-2-5(9)7(14)12-6-3-4-11-8(10)13-6/h3-5H,2H2,1H3,(H,11,12,13,14). The van der Waals surface area contributed by atoms with Gasteiger partial charge >= 0.3 is 0 Å². The molecule has 0 aliphatic carbocycles. The van der Waals surface area contributed by atoms with E-state index in [1.807, 2.05) is 6.92 Å². The van der Waals surface area contributed by atoms with Crippen LogP contribution in [0.3, 0.4) is 0 Å². The van der Waals surface area contributed by atoms with Crippen molar-refractivity contribution in [3.05, 3.63) is 17.5 Å². The summed E-state index contributed by atoms with van der Waals surface area (Å²) in [6.45, 7) is 1.91. The lowest BCUT2D eigenvalue weighted by molar-refractivity contribution is -0.115. The number of anilines is 1. The molecule has 1 aromatic heterocycles. The van der Waals surface area contributed by atoms with Gasteiger partial charge in [-0.1, -0.05) is 22.9 Å². The van der Waals surface area contributed by atoms with Crippen LogP contribution in [0.25, 0.3) is 0 Å². The van der Waals surface area contributed by atoms with E-state index >= 15 is 0 Å². The molecule has 1 atom stereocenters. The third kappa shape index (κ3) is 3.23. The number of hydrogen-bond acceptors (Lipinski definition) is 3. The molecule has 0 spiro atoms. The molecular weight excluding hydrogens is 269 g/mol. The van der Waals surface area contributed by atoms with Crippen LogP contribution in [-0.4, -0.2) is 20.7 Å². The zero-order chi connectivity index (χ0) is 10.6. The molecule has 0 aliphatic rings. The molecule has 1 unspecified atom stereocenters. The SMILES string of the molecule is CCC(Br)C(=O)Nc1ccnc(Cl)n1. The highest BCUT2D eigenvalue weighted by Crippen LogP contribution is 2.10. The minimum atomic E-state index is -0.212. The number of halogens is 2. The van der Waals surface area contributed by atoms with E-state index in [9.17, 15) is 4.79 Å². The Labute approximate surface area is 95.2 Å². The van der Waals surface area contributed by atoms with Crippen LogP contribution in [0.15, 0.2) is 12.3 Å². The Morgan fingerprint density at radius 1 is 1.79 bits per heavy atom. The lowest BCUT2D eigenvalue weighted by Crippen LogP contribution is -2.22. The number of nitrogens with zero attached hydrogens (tertiary/aromatic N) is 2. The van der Waals surface area contributed by atoms with E-state index in [0.29, 0.717) is 12.2 Å². The summed E-state index contributed by atoms with van der Waals surface area (Å²) < 4.78 is 0. The predicted octanol–water partition coefficient (Wildman–Crippen LogP) is 2.24. The lowest BCUT2D eigenvalue weighted by Gasteiger charge is -2.07. The molecule has 1 rings (SSSR count). The second kappa shape index (κ2) is 5.26. The molecular formula is C8H9BrClN3O. The molecule has 1 aromatic rings. The normalized spacial score (nSPS) is 12.2. The van der Waals surface area contributed by atoms with Crippen molar-refractivity contribution in [2.24, 2.45) is 0 Å². The van der Waals surface area contributed by atoms with Crippen molar-refractivity contribution in [2.75, 3.05) is 5.32 Å². The maximum absolute atomic E-state index is 11.4. The van der Waals surface area contributed by atoms with Crippen molar-refractivity contribution < 1.29 is 4.79 Å². The first-order chi connectivity index (χ1) is 6.63. The van der Waals surface area contributed by atoms with Gasteiger partial charge < -0.3 is 5.32 Å². The van der Waals surface area contributed by atoms with Crippen LogP contribution in [0, 0.1) is 0 Å². The summed E-state index contributed by atoms with van der Waals surface area (Å²) in [7, 11) is 0. The number of rotatable bonds is 3. The van der Waals surface area contributed by atoms with E-state index in [4.69, 9.17) is 11.6 Å². The first-order valence-electron chi connectivity index (χ1n) is 4.07. The molecule has 1 amide bonds. The van der Waals surface area contributed by atoms with Crippen molar-refractivity contribution in [3.63, 3.8) is 0 Å². The number of amides is 1. The van der Waals surface area contributed by atoms with Gasteiger partial charge in [0.25, 0.3) is 0 Å². The molecule has 0 aromatic carbocycles. The van der Waals surface area contributed by atoms with Crippen LogP contribution in [-0.2, 0) is 4.79 Å². The number of carbonyl (C=O) groups excluding carboxylic acids is 1. The van der Waals surface area contributed by atoms with Crippen LogP contribution in [0.4, 0.5) is 5.82 Å². The maximum atomic E-state index is 11.4. The average Bonchev–Trinajstić information content (AvgIpc) is 2.16. The molecule has 6 heteroatoms. The molecule has 1 N–H and O–H groups in total. The summed E-state index contributed by atoms with van der Waals surface area (Å²) in [5.74, 6) is 0.273. The fourth-order valence-corrected chi connectivity index (χ4v) is 1.06. The van der Waals surface area contributed by atoms with E-state index in [1.165, 1.54) is 6.20 Å². The van der Waals surface area contributed by atoms with Gasteiger partial charge in [-0.25, -0.2) is 9.97 Å². The van der Waals surface area contributed by atoms with Gasteiger partial charge in [-0.3, -0.25) is 4.79 Å². The molecule has 0 fully saturated rings. The Morgan fingerprint density at radius 2 is 2.50 bits per heavy atom. The van der Waals surface area contributed by atoms with Crippen molar-refractivity contribution in [1.29, 1.82) is 0 Å². The minimum Gasteiger partial charge on any atom is -0.310 e. The second-order valence-corrected chi connectivity index (χ2v) is 4.02. The Bertz CT molecular complexity index is 334. The van der Waals surface area contributed by atoms with Gasteiger partial charge in [0.2, 0.25) is 11.2 Å². The molecule has 0 bridgehead atoms.